The smallest absolute Gasteiger partial charge is 0.253 e. The molecule has 1 saturated heterocycles. The number of aromatic nitrogens is 1. The number of rotatable bonds is 4. The van der Waals surface area contributed by atoms with E-state index in [1.165, 1.54) is 12.1 Å². The van der Waals surface area contributed by atoms with Gasteiger partial charge in [0.1, 0.15) is 5.82 Å². The second-order valence-corrected chi connectivity index (χ2v) is 12.6. The molecular formula is C26H29FN4O4S. The number of nitrogens with zero attached hydrogens (tertiary/aromatic N) is 2. The molecule has 190 valence electrons. The molecule has 2 aliphatic rings. The highest BCUT2D eigenvalue weighted by Crippen LogP contribution is 2.43. The van der Waals surface area contributed by atoms with Gasteiger partial charge >= 0.3 is 0 Å². The van der Waals surface area contributed by atoms with Gasteiger partial charge in [0.25, 0.3) is 5.91 Å². The highest BCUT2D eigenvalue weighted by atomic mass is 32.2. The van der Waals surface area contributed by atoms with Crippen molar-refractivity contribution < 1.29 is 22.4 Å². The van der Waals surface area contributed by atoms with E-state index in [2.05, 4.69) is 10.7 Å². The molecule has 0 unspecified atom stereocenters. The van der Waals surface area contributed by atoms with E-state index in [1.807, 2.05) is 26.0 Å². The van der Waals surface area contributed by atoms with Gasteiger partial charge in [-0.3, -0.25) is 14.2 Å². The number of hydrogen-bond acceptors (Lipinski definition) is 6. The number of amides is 1. The quantitative estimate of drug-likeness (QED) is 0.555. The predicted octanol–water partition coefficient (Wildman–Crippen LogP) is 3.48. The standard InChI is InChI=1S/C26H29FN4O4S/c1-26(2)14-22-24(19-7-5-17(27)13-21(19)31(22)23(32)15-26)16-4-6-18(25(33)28-3)20(12-16)29-30-8-10-36(34,35)11-9-30/h4-7,12-13,29H,8-11,14-15H2,1-3H3,(H,28,33). The third-order valence-corrected chi connectivity index (χ3v) is 8.57. The van der Waals surface area contributed by atoms with Crippen molar-refractivity contribution in [3.8, 4) is 11.1 Å². The van der Waals surface area contributed by atoms with Crippen LogP contribution in [0.2, 0.25) is 0 Å². The summed E-state index contributed by atoms with van der Waals surface area (Å²) >= 11 is 0. The predicted molar refractivity (Wildman–Crippen MR) is 137 cm³/mol. The molecule has 0 spiro atoms. The number of carbonyl (C=O) groups is 2. The average Bonchev–Trinajstić information content (AvgIpc) is 3.12. The van der Waals surface area contributed by atoms with Gasteiger partial charge in [0.15, 0.2) is 9.84 Å². The molecule has 1 aromatic heterocycles. The minimum atomic E-state index is -3.06. The first-order valence-corrected chi connectivity index (χ1v) is 13.7. The summed E-state index contributed by atoms with van der Waals surface area (Å²) in [5.74, 6) is -0.691. The molecule has 1 fully saturated rings. The second kappa shape index (κ2) is 8.70. The Morgan fingerprint density at radius 2 is 1.78 bits per heavy atom. The molecule has 36 heavy (non-hydrogen) atoms. The third-order valence-electron chi connectivity index (χ3n) is 6.96. The fourth-order valence-corrected chi connectivity index (χ4v) is 6.41. The Morgan fingerprint density at radius 3 is 2.47 bits per heavy atom. The van der Waals surface area contributed by atoms with E-state index < -0.39 is 15.7 Å². The summed E-state index contributed by atoms with van der Waals surface area (Å²) in [5.41, 5.74) is 6.90. The lowest BCUT2D eigenvalue weighted by Crippen LogP contribution is -2.43. The first-order chi connectivity index (χ1) is 17.0. The Kier molecular flexibility index (Phi) is 5.91. The van der Waals surface area contributed by atoms with Crippen LogP contribution < -0.4 is 10.7 Å². The molecule has 3 aromatic rings. The van der Waals surface area contributed by atoms with E-state index in [1.54, 1.807) is 28.8 Å². The van der Waals surface area contributed by atoms with Crippen LogP contribution in [0.4, 0.5) is 10.1 Å². The Bertz CT molecular complexity index is 1500. The van der Waals surface area contributed by atoms with Gasteiger partial charge < -0.3 is 10.7 Å². The Morgan fingerprint density at radius 1 is 1.06 bits per heavy atom. The number of benzene rings is 2. The summed E-state index contributed by atoms with van der Waals surface area (Å²) in [6.45, 7) is 4.68. The second-order valence-electron chi connectivity index (χ2n) is 10.3. The minimum absolute atomic E-state index is 0.0371. The summed E-state index contributed by atoms with van der Waals surface area (Å²) in [6.07, 6.45) is 0.994. The lowest BCUT2D eigenvalue weighted by atomic mass is 9.80. The van der Waals surface area contributed by atoms with Crippen molar-refractivity contribution in [1.29, 1.82) is 0 Å². The Hall–Kier alpha value is -3.24. The molecule has 2 aromatic carbocycles. The number of hydrogen-bond donors (Lipinski definition) is 2. The topological polar surface area (TPSA) is 101 Å². The number of hydrazine groups is 1. The van der Waals surface area contributed by atoms with Gasteiger partial charge in [-0.2, -0.15) is 0 Å². The van der Waals surface area contributed by atoms with Crippen LogP contribution in [0.3, 0.4) is 0 Å². The molecule has 1 amide bonds. The maximum atomic E-state index is 14.2. The SMILES string of the molecule is CNC(=O)c1ccc(-c2c3n(c4cc(F)ccc24)C(=O)CC(C)(C)C3)cc1NN1CCS(=O)(=O)CC1. The van der Waals surface area contributed by atoms with Gasteiger partial charge in [-0.1, -0.05) is 19.9 Å². The van der Waals surface area contributed by atoms with Crippen molar-refractivity contribution in [1.82, 2.24) is 14.9 Å². The summed E-state index contributed by atoms with van der Waals surface area (Å²) in [6, 6.07) is 9.87. The number of nitrogens with one attached hydrogen (secondary N) is 2. The van der Waals surface area contributed by atoms with Crippen LogP contribution >= 0.6 is 0 Å². The fourth-order valence-electron chi connectivity index (χ4n) is 5.21. The Labute approximate surface area is 209 Å². The van der Waals surface area contributed by atoms with Crippen LogP contribution in [0.5, 0.6) is 0 Å². The van der Waals surface area contributed by atoms with Crippen molar-refractivity contribution in [2.75, 3.05) is 37.1 Å². The molecule has 0 saturated carbocycles. The van der Waals surface area contributed by atoms with Crippen molar-refractivity contribution in [3.05, 3.63) is 53.5 Å². The first kappa shape index (κ1) is 24.5. The van der Waals surface area contributed by atoms with E-state index in [0.717, 1.165) is 22.2 Å². The third kappa shape index (κ3) is 4.39. The van der Waals surface area contributed by atoms with E-state index in [-0.39, 0.29) is 28.7 Å². The van der Waals surface area contributed by atoms with E-state index in [9.17, 15) is 22.4 Å². The van der Waals surface area contributed by atoms with Gasteiger partial charge in [-0.25, -0.2) is 17.8 Å². The van der Waals surface area contributed by atoms with Crippen molar-refractivity contribution in [2.24, 2.45) is 5.41 Å². The largest absolute Gasteiger partial charge is 0.355 e. The molecule has 8 nitrogen and oxygen atoms in total. The van der Waals surface area contributed by atoms with Crippen molar-refractivity contribution in [3.63, 3.8) is 0 Å². The average molecular weight is 513 g/mol. The zero-order chi connectivity index (χ0) is 25.8. The molecule has 0 atom stereocenters. The molecule has 2 aliphatic heterocycles. The van der Waals surface area contributed by atoms with Crippen LogP contribution in [0.25, 0.3) is 22.0 Å². The molecule has 0 bridgehead atoms. The summed E-state index contributed by atoms with van der Waals surface area (Å²) in [7, 11) is -1.51. The zero-order valence-corrected chi connectivity index (χ0v) is 21.3. The summed E-state index contributed by atoms with van der Waals surface area (Å²) in [5, 5.41) is 5.20. The highest BCUT2D eigenvalue weighted by molar-refractivity contribution is 7.91. The first-order valence-electron chi connectivity index (χ1n) is 11.9. The van der Waals surface area contributed by atoms with E-state index >= 15 is 0 Å². The van der Waals surface area contributed by atoms with E-state index in [4.69, 9.17) is 0 Å². The van der Waals surface area contributed by atoms with Gasteiger partial charge in [-0.05, 0) is 47.7 Å². The van der Waals surface area contributed by atoms with Crippen LogP contribution in [-0.4, -0.2) is 61.5 Å². The lowest BCUT2D eigenvalue weighted by Gasteiger charge is -2.31. The van der Waals surface area contributed by atoms with Crippen molar-refractivity contribution >= 4 is 38.2 Å². The number of carbonyl (C=O) groups excluding carboxylic acids is 2. The molecule has 0 aliphatic carbocycles. The van der Waals surface area contributed by atoms with Crippen LogP contribution in [-0.2, 0) is 16.3 Å². The molecule has 10 heteroatoms. The monoisotopic (exact) mass is 512 g/mol. The maximum Gasteiger partial charge on any atom is 0.253 e. The van der Waals surface area contributed by atoms with E-state index in [0.29, 0.717) is 42.7 Å². The van der Waals surface area contributed by atoms with Crippen LogP contribution in [0.15, 0.2) is 36.4 Å². The van der Waals surface area contributed by atoms with Gasteiger partial charge in [-0.15, -0.1) is 0 Å². The minimum Gasteiger partial charge on any atom is -0.355 e. The van der Waals surface area contributed by atoms with Crippen LogP contribution in [0, 0.1) is 11.2 Å². The normalized spacial score (nSPS) is 19.2. The van der Waals surface area contributed by atoms with Crippen LogP contribution in [0.1, 0.15) is 41.1 Å². The number of anilines is 1. The number of halogens is 1. The highest BCUT2D eigenvalue weighted by Gasteiger charge is 2.35. The molecule has 3 heterocycles. The number of fused-ring (bicyclic) bond motifs is 3. The number of sulfone groups is 1. The zero-order valence-electron chi connectivity index (χ0n) is 20.5. The Balaban J connectivity index is 1.66. The summed E-state index contributed by atoms with van der Waals surface area (Å²) in [4.78, 5) is 25.8. The summed E-state index contributed by atoms with van der Waals surface area (Å²) < 4.78 is 39.6. The molecular weight excluding hydrogens is 483 g/mol. The maximum absolute atomic E-state index is 14.2. The lowest BCUT2D eigenvalue weighted by molar-refractivity contribution is 0.0816. The van der Waals surface area contributed by atoms with Gasteiger partial charge in [0.05, 0.1) is 28.3 Å². The molecule has 0 radical (unpaired) electrons. The van der Waals surface area contributed by atoms with Gasteiger partial charge in [0.2, 0.25) is 5.91 Å². The molecule has 5 rings (SSSR count). The van der Waals surface area contributed by atoms with Gasteiger partial charge in [0, 0.05) is 43.2 Å². The fraction of sp³-hybridized carbons (Fsp3) is 0.385. The molecule has 2 N–H and O–H groups in total. The van der Waals surface area contributed by atoms with Crippen molar-refractivity contribution in [2.45, 2.75) is 26.7 Å².